The number of ketones is 1. The van der Waals surface area contributed by atoms with Gasteiger partial charge >= 0.3 is 7.60 Å². The molecule has 0 saturated heterocycles. The van der Waals surface area contributed by atoms with Gasteiger partial charge in [-0.05, 0) is 45.1 Å². The molecular weight excluding hydrogens is 347 g/mol. The minimum absolute atomic E-state index is 0.213. The molecule has 136 valence electrons. The van der Waals surface area contributed by atoms with E-state index in [0.717, 1.165) is 18.6 Å². The van der Waals surface area contributed by atoms with E-state index in [2.05, 4.69) is 6.92 Å². The second kappa shape index (κ2) is 10.9. The molecule has 1 heterocycles. The summed E-state index contributed by atoms with van der Waals surface area (Å²) in [4.78, 5) is 11.7. The standard InChI is InChI=1S/C17H27O5PS/c1-5-8-11-24-13-16-15(9-10-20-16)17(12-14(4)18)23(19,21-6-2)22-7-3/h9-10,12H,5-8,11,13H2,1-4H3. The Morgan fingerprint density at radius 2 is 1.96 bits per heavy atom. The molecule has 0 spiro atoms. The zero-order valence-corrected chi connectivity index (χ0v) is 16.6. The van der Waals surface area contributed by atoms with E-state index in [0.29, 0.717) is 17.1 Å². The SMILES string of the molecule is CCCCSCc1occc1C(=CC(C)=O)P(=O)(OCC)OCC. The van der Waals surface area contributed by atoms with Gasteiger partial charge in [-0.1, -0.05) is 13.3 Å². The highest BCUT2D eigenvalue weighted by molar-refractivity contribution is 7.98. The largest absolute Gasteiger partial charge is 0.468 e. The van der Waals surface area contributed by atoms with E-state index in [1.807, 2.05) is 0 Å². The third kappa shape index (κ3) is 6.25. The molecule has 0 aliphatic rings. The van der Waals surface area contributed by atoms with Crippen LogP contribution >= 0.6 is 19.4 Å². The molecule has 0 bridgehead atoms. The Labute approximate surface area is 148 Å². The molecule has 0 saturated carbocycles. The monoisotopic (exact) mass is 374 g/mol. The van der Waals surface area contributed by atoms with Gasteiger partial charge in [-0.2, -0.15) is 11.8 Å². The Balaban J connectivity index is 3.16. The van der Waals surface area contributed by atoms with Crippen LogP contribution < -0.4 is 0 Å². The summed E-state index contributed by atoms with van der Waals surface area (Å²) in [5.41, 5.74) is 0.624. The van der Waals surface area contributed by atoms with Crippen LogP contribution in [-0.2, 0) is 24.2 Å². The maximum absolute atomic E-state index is 13.2. The van der Waals surface area contributed by atoms with Gasteiger partial charge in [0, 0.05) is 5.56 Å². The first-order valence-electron chi connectivity index (χ1n) is 8.24. The molecule has 0 aromatic carbocycles. The van der Waals surface area contributed by atoms with Crippen molar-refractivity contribution in [2.75, 3.05) is 19.0 Å². The number of rotatable bonds is 12. The zero-order valence-electron chi connectivity index (χ0n) is 14.9. The highest BCUT2D eigenvalue weighted by atomic mass is 32.2. The number of thioether (sulfide) groups is 1. The van der Waals surface area contributed by atoms with E-state index in [9.17, 15) is 9.36 Å². The Morgan fingerprint density at radius 1 is 1.29 bits per heavy atom. The smallest absolute Gasteiger partial charge is 0.362 e. The van der Waals surface area contributed by atoms with Crippen molar-refractivity contribution in [3.05, 3.63) is 29.7 Å². The number of unbranched alkanes of at least 4 members (excludes halogenated alkanes) is 1. The summed E-state index contributed by atoms with van der Waals surface area (Å²) in [6, 6.07) is 1.72. The van der Waals surface area contributed by atoms with E-state index in [-0.39, 0.29) is 24.3 Å². The van der Waals surface area contributed by atoms with Crippen LogP contribution in [0.15, 0.2) is 22.8 Å². The summed E-state index contributed by atoms with van der Waals surface area (Å²) >= 11 is 1.75. The Hall–Kier alpha value is -0.810. The second-order valence-corrected chi connectivity index (χ2v) is 8.24. The highest BCUT2D eigenvalue weighted by Crippen LogP contribution is 2.61. The molecule has 0 aliphatic carbocycles. The van der Waals surface area contributed by atoms with Gasteiger partial charge in [0.15, 0.2) is 5.78 Å². The lowest BCUT2D eigenvalue weighted by molar-refractivity contribution is -0.112. The summed E-state index contributed by atoms with van der Waals surface area (Å²) < 4.78 is 29.6. The number of hydrogen-bond donors (Lipinski definition) is 0. The fourth-order valence-corrected chi connectivity index (χ4v) is 5.02. The molecule has 0 fully saturated rings. The van der Waals surface area contributed by atoms with E-state index in [4.69, 9.17) is 13.5 Å². The van der Waals surface area contributed by atoms with E-state index in [1.54, 1.807) is 37.9 Å². The Bertz CT molecular complexity index is 584. The summed E-state index contributed by atoms with van der Waals surface area (Å²) in [6.45, 7) is 7.50. The van der Waals surface area contributed by atoms with Crippen LogP contribution in [0.3, 0.4) is 0 Å². The van der Waals surface area contributed by atoms with Crippen molar-refractivity contribution in [3.8, 4) is 0 Å². The van der Waals surface area contributed by atoms with Crippen LogP contribution in [0.5, 0.6) is 0 Å². The van der Waals surface area contributed by atoms with Crippen molar-refractivity contribution < 1.29 is 22.8 Å². The molecule has 0 atom stereocenters. The van der Waals surface area contributed by atoms with Crippen LogP contribution in [0.4, 0.5) is 0 Å². The molecule has 0 amide bonds. The molecule has 1 aromatic rings. The molecule has 5 nitrogen and oxygen atoms in total. The van der Waals surface area contributed by atoms with E-state index >= 15 is 0 Å². The average Bonchev–Trinajstić information content (AvgIpc) is 2.97. The lowest BCUT2D eigenvalue weighted by Gasteiger charge is -2.20. The first-order valence-corrected chi connectivity index (χ1v) is 10.9. The number of hydrogen-bond acceptors (Lipinski definition) is 6. The van der Waals surface area contributed by atoms with Crippen LogP contribution in [0.1, 0.15) is 51.9 Å². The van der Waals surface area contributed by atoms with Crippen LogP contribution in [0.2, 0.25) is 0 Å². The lowest BCUT2D eigenvalue weighted by Crippen LogP contribution is -2.01. The summed E-state index contributed by atoms with van der Waals surface area (Å²) in [5, 5.41) is 0.276. The van der Waals surface area contributed by atoms with Gasteiger partial charge in [0.2, 0.25) is 0 Å². The van der Waals surface area contributed by atoms with E-state index in [1.165, 1.54) is 13.0 Å². The van der Waals surface area contributed by atoms with Crippen LogP contribution in [0, 0.1) is 0 Å². The van der Waals surface area contributed by atoms with E-state index < -0.39 is 7.60 Å². The van der Waals surface area contributed by atoms with Gasteiger partial charge in [-0.25, -0.2) is 0 Å². The maximum Gasteiger partial charge on any atom is 0.362 e. The molecule has 0 unspecified atom stereocenters. The molecule has 1 rings (SSSR count). The first-order chi connectivity index (χ1) is 11.5. The van der Waals surface area contributed by atoms with Crippen LogP contribution in [0.25, 0.3) is 5.31 Å². The minimum atomic E-state index is -3.57. The topological polar surface area (TPSA) is 65.7 Å². The van der Waals surface area contributed by atoms with Crippen molar-refractivity contribution in [1.82, 2.24) is 0 Å². The van der Waals surface area contributed by atoms with Crippen molar-refractivity contribution in [1.29, 1.82) is 0 Å². The molecule has 1 aromatic heterocycles. The molecule has 0 N–H and O–H groups in total. The predicted octanol–water partition coefficient (Wildman–Crippen LogP) is 5.51. The van der Waals surface area contributed by atoms with Gasteiger partial charge in [0.25, 0.3) is 0 Å². The summed E-state index contributed by atoms with van der Waals surface area (Å²) in [5.74, 6) is 2.14. The fourth-order valence-electron chi connectivity index (χ4n) is 2.11. The zero-order chi connectivity index (χ0) is 18.0. The molecular formula is C17H27O5PS. The molecule has 0 aliphatic heterocycles. The summed E-state index contributed by atoms with van der Waals surface area (Å²) in [6.07, 6.45) is 5.14. The highest BCUT2D eigenvalue weighted by Gasteiger charge is 2.33. The lowest BCUT2D eigenvalue weighted by atomic mass is 10.2. The number of carbonyl (C=O) groups excluding carboxylic acids is 1. The van der Waals surface area contributed by atoms with Gasteiger partial charge in [0.1, 0.15) is 5.76 Å². The second-order valence-electron chi connectivity index (χ2n) is 5.14. The van der Waals surface area contributed by atoms with Gasteiger partial charge in [-0.3, -0.25) is 9.36 Å². The first kappa shape index (κ1) is 21.2. The number of furan rings is 1. The van der Waals surface area contributed by atoms with Gasteiger partial charge in [-0.15, -0.1) is 0 Å². The maximum atomic E-state index is 13.2. The van der Waals surface area contributed by atoms with Crippen molar-refractivity contribution >= 4 is 30.5 Å². The predicted molar refractivity (Wildman–Crippen MR) is 99.3 cm³/mol. The Kier molecular flexibility index (Phi) is 9.67. The summed E-state index contributed by atoms with van der Waals surface area (Å²) in [7, 11) is -3.57. The number of allylic oxidation sites excluding steroid dienone is 1. The van der Waals surface area contributed by atoms with Crippen molar-refractivity contribution in [2.45, 2.75) is 46.3 Å². The number of carbonyl (C=O) groups is 1. The normalized spacial score (nSPS) is 12.6. The Morgan fingerprint density at radius 3 is 2.50 bits per heavy atom. The van der Waals surface area contributed by atoms with Crippen LogP contribution in [-0.4, -0.2) is 24.7 Å². The quantitative estimate of drug-likeness (QED) is 0.273. The van der Waals surface area contributed by atoms with Crippen molar-refractivity contribution in [2.24, 2.45) is 0 Å². The third-order valence-corrected chi connectivity index (χ3v) is 6.33. The fraction of sp³-hybridized carbons (Fsp3) is 0.588. The molecule has 7 heteroatoms. The third-order valence-electron chi connectivity index (χ3n) is 3.13. The molecule has 24 heavy (non-hydrogen) atoms. The average molecular weight is 374 g/mol. The molecule has 0 radical (unpaired) electrons. The van der Waals surface area contributed by atoms with Crippen molar-refractivity contribution in [3.63, 3.8) is 0 Å². The minimum Gasteiger partial charge on any atom is -0.468 e. The van der Waals surface area contributed by atoms with Gasteiger partial charge in [0.05, 0.1) is 30.5 Å². The van der Waals surface area contributed by atoms with Gasteiger partial charge < -0.3 is 13.5 Å².